The van der Waals surface area contributed by atoms with Crippen LogP contribution in [-0.2, 0) is 0 Å². The highest BCUT2D eigenvalue weighted by Crippen LogP contribution is 2.20. The number of hydrogen-bond donors (Lipinski definition) is 3. The van der Waals surface area contributed by atoms with Gasteiger partial charge < -0.3 is 10.2 Å². The predicted octanol–water partition coefficient (Wildman–Crippen LogP) is 1.24. The lowest BCUT2D eigenvalue weighted by Gasteiger charge is -2.17. The van der Waals surface area contributed by atoms with Crippen molar-refractivity contribution in [2.75, 3.05) is 5.75 Å². The van der Waals surface area contributed by atoms with Crippen LogP contribution < -0.4 is 0 Å². The third kappa shape index (κ3) is 3.15. The molecule has 0 aliphatic heterocycles. The summed E-state index contributed by atoms with van der Waals surface area (Å²) in [7, 11) is 0. The van der Waals surface area contributed by atoms with Gasteiger partial charge in [0.15, 0.2) is 0 Å². The van der Waals surface area contributed by atoms with Crippen molar-refractivity contribution in [2.45, 2.75) is 25.6 Å². The fourth-order valence-electron chi connectivity index (χ4n) is 1.24. The van der Waals surface area contributed by atoms with Crippen molar-refractivity contribution in [3.63, 3.8) is 0 Å². The maximum Gasteiger partial charge on any atom is 0.147 e. The Labute approximate surface area is 93.4 Å². The number of pyridine rings is 1. The zero-order chi connectivity index (χ0) is 11.4. The molecule has 1 aromatic heterocycles. The van der Waals surface area contributed by atoms with Crippen LogP contribution in [0.5, 0.6) is 0 Å². The summed E-state index contributed by atoms with van der Waals surface area (Å²) in [6.07, 6.45) is -2.04. The van der Waals surface area contributed by atoms with Crippen molar-refractivity contribution in [1.29, 1.82) is 0 Å². The number of aliphatic hydroxyl groups excluding tert-OH is 2. The second kappa shape index (κ2) is 5.44. The molecule has 1 heterocycles. The molecule has 2 N–H and O–H groups in total. The van der Waals surface area contributed by atoms with E-state index in [4.69, 9.17) is 0 Å². The number of thiol groups is 1. The number of aryl methyl sites for hydroxylation is 1. The van der Waals surface area contributed by atoms with Crippen LogP contribution >= 0.6 is 12.6 Å². The molecule has 0 bridgehead atoms. The van der Waals surface area contributed by atoms with Crippen molar-refractivity contribution in [2.24, 2.45) is 0 Å². The Morgan fingerprint density at radius 3 is 2.73 bits per heavy atom. The van der Waals surface area contributed by atoms with Crippen LogP contribution in [0.25, 0.3) is 0 Å². The summed E-state index contributed by atoms with van der Waals surface area (Å²) in [5.74, 6) is -0.183. The number of aliphatic hydroxyl groups is 2. The van der Waals surface area contributed by atoms with Crippen molar-refractivity contribution in [3.8, 4) is 0 Å². The normalized spacial score (nSPS) is 15.0. The van der Waals surface area contributed by atoms with E-state index in [2.05, 4.69) is 17.6 Å². The number of aromatic nitrogens is 1. The summed E-state index contributed by atoms with van der Waals surface area (Å²) < 4.78 is 13.3. The Balaban J connectivity index is 2.89. The maximum absolute atomic E-state index is 13.3. The molecule has 3 nitrogen and oxygen atoms in total. The van der Waals surface area contributed by atoms with Gasteiger partial charge in [0.1, 0.15) is 17.6 Å². The fourth-order valence-corrected chi connectivity index (χ4v) is 1.50. The monoisotopic (exact) mass is 231 g/mol. The molecule has 1 rings (SSSR count). The van der Waals surface area contributed by atoms with E-state index < -0.39 is 18.0 Å². The lowest BCUT2D eigenvalue weighted by Crippen LogP contribution is -2.21. The Morgan fingerprint density at radius 1 is 1.47 bits per heavy atom. The van der Waals surface area contributed by atoms with Gasteiger partial charge in [-0.3, -0.25) is 4.98 Å². The molecular formula is C10H14FNO2S. The van der Waals surface area contributed by atoms with Gasteiger partial charge in [-0.25, -0.2) is 4.39 Å². The molecule has 5 heteroatoms. The molecule has 0 spiro atoms. The van der Waals surface area contributed by atoms with Crippen molar-refractivity contribution >= 4 is 12.6 Å². The third-order valence-corrected chi connectivity index (χ3v) is 2.34. The minimum absolute atomic E-state index is 0.107. The highest BCUT2D eigenvalue weighted by Gasteiger charge is 2.22. The summed E-state index contributed by atoms with van der Waals surface area (Å²) in [6.45, 7) is 1.70. The first-order valence-corrected chi connectivity index (χ1v) is 5.29. The summed E-state index contributed by atoms with van der Waals surface area (Å²) in [5.41, 5.74) is 0.493. The van der Waals surface area contributed by atoms with Gasteiger partial charge in [-0.05, 0) is 31.2 Å². The maximum atomic E-state index is 13.3. The lowest BCUT2D eigenvalue weighted by atomic mass is 10.1. The van der Waals surface area contributed by atoms with Gasteiger partial charge >= 0.3 is 0 Å². The molecule has 15 heavy (non-hydrogen) atoms. The first-order chi connectivity index (χ1) is 7.06. The molecular weight excluding hydrogens is 217 g/mol. The van der Waals surface area contributed by atoms with Crippen molar-refractivity contribution in [1.82, 2.24) is 4.98 Å². The largest absolute Gasteiger partial charge is 0.390 e. The average Bonchev–Trinajstić information content (AvgIpc) is 2.21. The first-order valence-electron chi connectivity index (χ1n) is 4.66. The standard InChI is InChI=1S/C10H14FNO2S/c1-6-2-3-7(11)9(12-6)10(14)8(13)4-5-15/h2-3,8,10,13-15H,4-5H2,1H3. The Kier molecular flexibility index (Phi) is 4.50. The van der Waals surface area contributed by atoms with Crippen LogP contribution in [-0.4, -0.2) is 27.1 Å². The van der Waals surface area contributed by atoms with E-state index >= 15 is 0 Å². The van der Waals surface area contributed by atoms with E-state index in [0.29, 0.717) is 17.9 Å². The average molecular weight is 231 g/mol. The summed E-state index contributed by atoms with van der Waals surface area (Å²) in [5, 5.41) is 19.1. The highest BCUT2D eigenvalue weighted by atomic mass is 32.1. The summed E-state index contributed by atoms with van der Waals surface area (Å²) in [4.78, 5) is 3.87. The number of rotatable bonds is 4. The zero-order valence-corrected chi connectivity index (χ0v) is 9.28. The van der Waals surface area contributed by atoms with Gasteiger partial charge in [-0.2, -0.15) is 12.6 Å². The van der Waals surface area contributed by atoms with Crippen LogP contribution in [0, 0.1) is 12.7 Å². The SMILES string of the molecule is Cc1ccc(F)c(C(O)C(O)CCS)n1. The Bertz CT molecular complexity index is 335. The molecule has 0 fully saturated rings. The second-order valence-electron chi connectivity index (χ2n) is 3.34. The predicted molar refractivity (Wildman–Crippen MR) is 58.4 cm³/mol. The number of nitrogens with zero attached hydrogens (tertiary/aromatic N) is 1. The zero-order valence-electron chi connectivity index (χ0n) is 8.39. The van der Waals surface area contributed by atoms with Gasteiger partial charge in [-0.15, -0.1) is 0 Å². The van der Waals surface area contributed by atoms with Gasteiger partial charge in [-0.1, -0.05) is 0 Å². The van der Waals surface area contributed by atoms with Crippen molar-refractivity contribution in [3.05, 3.63) is 29.3 Å². The van der Waals surface area contributed by atoms with Gasteiger partial charge in [0.05, 0.1) is 6.10 Å². The fraction of sp³-hybridized carbons (Fsp3) is 0.500. The third-order valence-electron chi connectivity index (χ3n) is 2.08. The Hall–Kier alpha value is -0.650. The summed E-state index contributed by atoms with van der Waals surface area (Å²) >= 11 is 3.93. The quantitative estimate of drug-likeness (QED) is 0.683. The minimum Gasteiger partial charge on any atom is -0.390 e. The number of halogens is 1. The van der Waals surface area contributed by atoms with Gasteiger partial charge in [0.2, 0.25) is 0 Å². The molecule has 0 aliphatic rings. The van der Waals surface area contributed by atoms with Crippen LogP contribution in [0.3, 0.4) is 0 Å². The van der Waals surface area contributed by atoms with Crippen LogP contribution in [0.4, 0.5) is 4.39 Å². The molecule has 2 atom stereocenters. The van der Waals surface area contributed by atoms with Crippen LogP contribution in [0.1, 0.15) is 23.9 Å². The molecule has 1 aromatic rings. The Morgan fingerprint density at radius 2 is 2.13 bits per heavy atom. The molecule has 2 unspecified atom stereocenters. The molecule has 0 aliphatic carbocycles. The van der Waals surface area contributed by atoms with E-state index in [9.17, 15) is 14.6 Å². The first kappa shape index (κ1) is 12.4. The second-order valence-corrected chi connectivity index (χ2v) is 3.79. The molecule has 84 valence electrons. The van der Waals surface area contributed by atoms with E-state index in [1.54, 1.807) is 6.92 Å². The van der Waals surface area contributed by atoms with Gasteiger partial charge in [0, 0.05) is 5.69 Å². The van der Waals surface area contributed by atoms with Crippen molar-refractivity contribution < 1.29 is 14.6 Å². The van der Waals surface area contributed by atoms with E-state index in [1.807, 2.05) is 0 Å². The van der Waals surface area contributed by atoms with E-state index in [0.717, 1.165) is 0 Å². The van der Waals surface area contributed by atoms with Crippen LogP contribution in [0.15, 0.2) is 12.1 Å². The topological polar surface area (TPSA) is 53.4 Å². The minimum atomic E-state index is -1.29. The lowest BCUT2D eigenvalue weighted by molar-refractivity contribution is 0.0123. The van der Waals surface area contributed by atoms with Gasteiger partial charge in [0.25, 0.3) is 0 Å². The highest BCUT2D eigenvalue weighted by molar-refractivity contribution is 7.80. The van der Waals surface area contributed by atoms with E-state index in [1.165, 1.54) is 12.1 Å². The molecule has 0 radical (unpaired) electrons. The molecule has 0 saturated carbocycles. The summed E-state index contributed by atoms with van der Waals surface area (Å²) in [6, 6.07) is 2.74. The van der Waals surface area contributed by atoms with E-state index in [-0.39, 0.29) is 5.69 Å². The molecule has 0 saturated heterocycles. The number of hydrogen-bond acceptors (Lipinski definition) is 4. The smallest absolute Gasteiger partial charge is 0.147 e. The molecule has 0 aromatic carbocycles. The molecule has 0 amide bonds. The van der Waals surface area contributed by atoms with Crippen LogP contribution in [0.2, 0.25) is 0 Å².